The molecule has 0 aromatic rings. The Labute approximate surface area is 188 Å². The summed E-state index contributed by atoms with van der Waals surface area (Å²) < 4.78 is 10.1. The van der Waals surface area contributed by atoms with Gasteiger partial charge in [0.2, 0.25) is 0 Å². The van der Waals surface area contributed by atoms with Crippen molar-refractivity contribution >= 4 is 5.97 Å². The minimum Gasteiger partial charge on any atom is -0.463 e. The minimum atomic E-state index is -1.61. The van der Waals surface area contributed by atoms with Crippen LogP contribution >= 0.6 is 0 Å². The number of hydrogen-bond acceptors (Lipinski definition) is 7. The molecule has 1 saturated heterocycles. The van der Waals surface area contributed by atoms with E-state index in [1.165, 1.54) is 77.0 Å². The quantitative estimate of drug-likeness (QED) is 0.188. The molecule has 7 nitrogen and oxygen atoms in total. The van der Waals surface area contributed by atoms with Crippen LogP contribution in [0.2, 0.25) is 0 Å². The molecule has 0 bridgehead atoms. The first kappa shape index (κ1) is 28.3. The Balaban J connectivity index is 1.89. The van der Waals surface area contributed by atoms with Crippen LogP contribution in [0.3, 0.4) is 0 Å². The first-order valence-corrected chi connectivity index (χ1v) is 12.5. The van der Waals surface area contributed by atoms with Gasteiger partial charge in [-0.3, -0.25) is 4.79 Å². The van der Waals surface area contributed by atoms with Crippen molar-refractivity contribution in [3.05, 3.63) is 0 Å². The molecule has 1 heterocycles. The first-order valence-electron chi connectivity index (χ1n) is 12.5. The number of rotatable bonds is 18. The molecule has 0 saturated carbocycles. The van der Waals surface area contributed by atoms with E-state index in [4.69, 9.17) is 9.47 Å². The van der Waals surface area contributed by atoms with E-state index in [1.807, 2.05) is 0 Å². The maximum Gasteiger partial charge on any atom is 0.305 e. The summed E-state index contributed by atoms with van der Waals surface area (Å²) in [5, 5.41) is 38.3. The largest absolute Gasteiger partial charge is 0.463 e. The second-order valence-electron chi connectivity index (χ2n) is 8.92. The molecule has 0 aromatic carbocycles. The fourth-order valence-corrected chi connectivity index (χ4v) is 3.96. The van der Waals surface area contributed by atoms with Crippen molar-refractivity contribution < 1.29 is 34.7 Å². The van der Waals surface area contributed by atoms with Crippen LogP contribution in [0.25, 0.3) is 0 Å². The summed E-state index contributed by atoms with van der Waals surface area (Å²) in [6.07, 6.45) is 12.0. The van der Waals surface area contributed by atoms with Gasteiger partial charge in [0.15, 0.2) is 6.29 Å². The Morgan fingerprint density at radius 3 is 1.61 bits per heavy atom. The number of carbonyl (C=O) groups is 1. The van der Waals surface area contributed by atoms with Gasteiger partial charge in [-0.1, -0.05) is 96.8 Å². The van der Waals surface area contributed by atoms with Gasteiger partial charge in [0.1, 0.15) is 31.0 Å². The Morgan fingerprint density at radius 2 is 1.13 bits per heavy atom. The van der Waals surface area contributed by atoms with Crippen molar-refractivity contribution in [1.29, 1.82) is 0 Å². The van der Waals surface area contributed by atoms with Crippen molar-refractivity contribution in [2.24, 2.45) is 0 Å². The predicted octanol–water partition coefficient (Wildman–Crippen LogP) is 3.59. The average Bonchev–Trinajstić information content (AvgIpc) is 2.76. The number of hydrogen-bond donors (Lipinski definition) is 4. The molecule has 0 amide bonds. The molecule has 5 atom stereocenters. The summed E-state index contributed by atoms with van der Waals surface area (Å²) in [6.45, 7) is 1.99. The summed E-state index contributed by atoms with van der Waals surface area (Å²) in [5.74, 6) is -0.388. The summed E-state index contributed by atoms with van der Waals surface area (Å²) in [6, 6.07) is 0. The average molecular weight is 447 g/mol. The fraction of sp³-hybridized carbons (Fsp3) is 0.958. The summed E-state index contributed by atoms with van der Waals surface area (Å²) >= 11 is 0. The van der Waals surface area contributed by atoms with E-state index in [0.29, 0.717) is 6.42 Å². The van der Waals surface area contributed by atoms with E-state index in [2.05, 4.69) is 6.92 Å². The monoisotopic (exact) mass is 446 g/mol. The van der Waals surface area contributed by atoms with Crippen LogP contribution < -0.4 is 0 Å². The maximum absolute atomic E-state index is 11.8. The molecule has 0 radical (unpaired) electrons. The standard InChI is InChI=1S/C24H46O7/c1-2-3-4-5-6-7-8-9-10-11-12-13-14-15-16-17-20(25)30-18-19-21(26)22(27)23(28)24(29)31-19/h19,21-24,26-29H,2-18H2,1H3/t19?,21-,22-,23?,24?/m0/s1. The molecule has 31 heavy (non-hydrogen) atoms. The van der Waals surface area contributed by atoms with E-state index >= 15 is 0 Å². The molecule has 3 unspecified atom stereocenters. The Bertz CT molecular complexity index is 446. The topological polar surface area (TPSA) is 116 Å². The number of esters is 1. The van der Waals surface area contributed by atoms with Crippen molar-refractivity contribution in [3.8, 4) is 0 Å². The molecule has 0 spiro atoms. The van der Waals surface area contributed by atoms with E-state index in [9.17, 15) is 25.2 Å². The molecule has 0 aliphatic carbocycles. The van der Waals surface area contributed by atoms with Gasteiger partial charge in [-0.05, 0) is 6.42 Å². The van der Waals surface area contributed by atoms with Gasteiger partial charge in [0.05, 0.1) is 0 Å². The van der Waals surface area contributed by atoms with E-state index < -0.39 is 30.7 Å². The molecule has 1 rings (SSSR count). The minimum absolute atomic E-state index is 0.264. The lowest BCUT2D eigenvalue weighted by Gasteiger charge is -2.37. The number of unbranched alkanes of at least 4 members (excludes halogenated alkanes) is 14. The molecule has 184 valence electrons. The van der Waals surface area contributed by atoms with Gasteiger partial charge in [-0.2, -0.15) is 0 Å². The first-order chi connectivity index (χ1) is 15.0. The van der Waals surface area contributed by atoms with Gasteiger partial charge in [0.25, 0.3) is 0 Å². The number of carbonyl (C=O) groups excluding carboxylic acids is 1. The number of aliphatic hydroxyl groups is 4. The Morgan fingerprint density at radius 1 is 0.677 bits per heavy atom. The van der Waals surface area contributed by atoms with Gasteiger partial charge >= 0.3 is 5.97 Å². The van der Waals surface area contributed by atoms with Gasteiger partial charge in [0, 0.05) is 6.42 Å². The van der Waals surface area contributed by atoms with Crippen molar-refractivity contribution in [1.82, 2.24) is 0 Å². The molecular weight excluding hydrogens is 400 g/mol. The van der Waals surface area contributed by atoms with E-state index in [0.717, 1.165) is 19.3 Å². The highest BCUT2D eigenvalue weighted by Gasteiger charge is 2.43. The molecular formula is C24H46O7. The van der Waals surface area contributed by atoms with Crippen LogP contribution in [0.4, 0.5) is 0 Å². The third-order valence-corrected chi connectivity index (χ3v) is 6.08. The normalized spacial score (nSPS) is 26.2. The summed E-state index contributed by atoms with van der Waals surface area (Å²) in [7, 11) is 0. The molecule has 1 aliphatic rings. The zero-order valence-corrected chi connectivity index (χ0v) is 19.4. The zero-order chi connectivity index (χ0) is 22.9. The molecule has 4 N–H and O–H groups in total. The fourth-order valence-electron chi connectivity index (χ4n) is 3.96. The lowest BCUT2D eigenvalue weighted by molar-refractivity contribution is -0.287. The van der Waals surface area contributed by atoms with Crippen molar-refractivity contribution in [3.63, 3.8) is 0 Å². The van der Waals surface area contributed by atoms with Crippen LogP contribution in [0.1, 0.15) is 110 Å². The lowest BCUT2D eigenvalue weighted by Crippen LogP contribution is -2.58. The van der Waals surface area contributed by atoms with Crippen molar-refractivity contribution in [2.75, 3.05) is 6.61 Å². The Hall–Kier alpha value is -0.730. The SMILES string of the molecule is CCCCCCCCCCCCCCCCCC(=O)OCC1OC(O)C(O)[C@@H](O)[C@H]1O. The van der Waals surface area contributed by atoms with Crippen LogP contribution in [0, 0.1) is 0 Å². The highest BCUT2D eigenvalue weighted by Crippen LogP contribution is 2.20. The third kappa shape index (κ3) is 12.8. The summed E-state index contributed by atoms with van der Waals surface area (Å²) in [5.41, 5.74) is 0. The van der Waals surface area contributed by atoms with Crippen LogP contribution in [0.15, 0.2) is 0 Å². The van der Waals surface area contributed by atoms with Crippen LogP contribution in [0.5, 0.6) is 0 Å². The van der Waals surface area contributed by atoms with Crippen LogP contribution in [-0.4, -0.2) is 63.7 Å². The highest BCUT2D eigenvalue weighted by atomic mass is 16.6. The zero-order valence-electron chi connectivity index (χ0n) is 19.4. The molecule has 7 heteroatoms. The smallest absolute Gasteiger partial charge is 0.305 e. The molecule has 0 aromatic heterocycles. The molecule has 1 aliphatic heterocycles. The Kier molecular flexibility index (Phi) is 16.2. The van der Waals surface area contributed by atoms with Gasteiger partial charge in [-0.25, -0.2) is 0 Å². The van der Waals surface area contributed by atoms with Gasteiger partial charge < -0.3 is 29.9 Å². The van der Waals surface area contributed by atoms with Gasteiger partial charge in [-0.15, -0.1) is 0 Å². The third-order valence-electron chi connectivity index (χ3n) is 6.08. The van der Waals surface area contributed by atoms with Crippen LogP contribution in [-0.2, 0) is 14.3 Å². The maximum atomic E-state index is 11.8. The predicted molar refractivity (Wildman–Crippen MR) is 119 cm³/mol. The van der Waals surface area contributed by atoms with Crippen molar-refractivity contribution in [2.45, 2.75) is 140 Å². The van der Waals surface area contributed by atoms with E-state index in [-0.39, 0.29) is 12.6 Å². The second kappa shape index (κ2) is 17.8. The highest BCUT2D eigenvalue weighted by molar-refractivity contribution is 5.69. The lowest BCUT2D eigenvalue weighted by atomic mass is 9.99. The van der Waals surface area contributed by atoms with E-state index in [1.54, 1.807) is 0 Å². The second-order valence-corrected chi connectivity index (χ2v) is 8.92. The summed E-state index contributed by atoms with van der Waals surface area (Å²) in [4.78, 5) is 11.8. The number of ether oxygens (including phenoxy) is 2. The molecule has 1 fully saturated rings. The number of aliphatic hydroxyl groups excluding tert-OH is 4.